The van der Waals surface area contributed by atoms with E-state index in [2.05, 4.69) is 0 Å². The second kappa shape index (κ2) is 4.59. The molecule has 1 atom stereocenters. The number of ether oxygens (including phenoxy) is 2. The number of hydrogen-bond donors (Lipinski definition) is 1. The molecule has 5 heteroatoms. The maximum absolute atomic E-state index is 12.4. The number of fused-ring (bicyclic) bond motifs is 1. The summed E-state index contributed by atoms with van der Waals surface area (Å²) in [4.78, 5) is 14.1. The van der Waals surface area contributed by atoms with Crippen LogP contribution in [0.25, 0.3) is 0 Å². The van der Waals surface area contributed by atoms with Gasteiger partial charge in [-0.05, 0) is 24.1 Å². The summed E-state index contributed by atoms with van der Waals surface area (Å²) < 4.78 is 10.7. The number of amides is 1. The van der Waals surface area contributed by atoms with Crippen LogP contribution in [0.3, 0.4) is 0 Å². The molecular weight excluding hydrogens is 232 g/mol. The molecule has 0 radical (unpaired) electrons. The molecule has 2 N–H and O–H groups in total. The molecule has 5 nitrogen and oxygen atoms in total. The zero-order valence-electron chi connectivity index (χ0n) is 10.1. The lowest BCUT2D eigenvalue weighted by atomic mass is 10.1. The Balaban J connectivity index is 1.82. The Labute approximate surface area is 105 Å². The fraction of sp³-hybridized carbons (Fsp3) is 0.462. The van der Waals surface area contributed by atoms with Gasteiger partial charge in [0.1, 0.15) is 0 Å². The van der Waals surface area contributed by atoms with Crippen LogP contribution < -0.4 is 10.6 Å². The van der Waals surface area contributed by atoms with Crippen LogP contribution in [0.2, 0.25) is 0 Å². The number of carbonyl (C=O) groups excluding carboxylic acids is 1. The SMILES string of the molecule is Nc1ccc2c(c1)N(C(=O)C1COCCO1)CC2. The molecule has 3 rings (SSSR count). The van der Waals surface area contributed by atoms with Crippen molar-refractivity contribution in [1.29, 1.82) is 0 Å². The quantitative estimate of drug-likeness (QED) is 0.738. The highest BCUT2D eigenvalue weighted by Crippen LogP contribution is 2.30. The van der Waals surface area contributed by atoms with Crippen LogP contribution >= 0.6 is 0 Å². The van der Waals surface area contributed by atoms with E-state index < -0.39 is 6.10 Å². The molecule has 2 aliphatic rings. The Hall–Kier alpha value is -1.59. The predicted octanol–water partition coefficient (Wildman–Crippen LogP) is 0.573. The molecule has 2 heterocycles. The van der Waals surface area contributed by atoms with Crippen molar-refractivity contribution in [3.63, 3.8) is 0 Å². The Morgan fingerprint density at radius 1 is 1.39 bits per heavy atom. The molecule has 1 aromatic carbocycles. The van der Waals surface area contributed by atoms with Gasteiger partial charge in [0.05, 0.1) is 19.8 Å². The van der Waals surface area contributed by atoms with Gasteiger partial charge >= 0.3 is 0 Å². The first-order valence-electron chi connectivity index (χ1n) is 6.15. The summed E-state index contributed by atoms with van der Waals surface area (Å²) in [6.45, 7) is 2.08. The monoisotopic (exact) mass is 248 g/mol. The van der Waals surface area contributed by atoms with Crippen molar-refractivity contribution >= 4 is 17.3 Å². The Bertz CT molecular complexity index is 469. The van der Waals surface area contributed by atoms with E-state index in [1.54, 1.807) is 4.90 Å². The minimum Gasteiger partial charge on any atom is -0.399 e. The summed E-state index contributed by atoms with van der Waals surface area (Å²) in [6.07, 6.45) is 0.390. The molecule has 1 fully saturated rings. The van der Waals surface area contributed by atoms with Gasteiger partial charge in [0, 0.05) is 17.9 Å². The van der Waals surface area contributed by atoms with E-state index in [-0.39, 0.29) is 5.91 Å². The fourth-order valence-electron chi connectivity index (χ4n) is 2.43. The van der Waals surface area contributed by atoms with E-state index in [1.807, 2.05) is 18.2 Å². The van der Waals surface area contributed by atoms with E-state index >= 15 is 0 Å². The molecule has 1 aromatic rings. The summed E-state index contributed by atoms with van der Waals surface area (Å²) in [5, 5.41) is 0. The lowest BCUT2D eigenvalue weighted by Gasteiger charge is -2.27. The Morgan fingerprint density at radius 3 is 3.06 bits per heavy atom. The molecule has 0 bridgehead atoms. The van der Waals surface area contributed by atoms with E-state index in [4.69, 9.17) is 15.2 Å². The van der Waals surface area contributed by atoms with Crippen LogP contribution in [-0.2, 0) is 20.7 Å². The lowest BCUT2D eigenvalue weighted by molar-refractivity contribution is -0.144. The third-order valence-corrected chi connectivity index (χ3v) is 3.36. The molecule has 96 valence electrons. The van der Waals surface area contributed by atoms with Crippen LogP contribution in [-0.4, -0.2) is 38.4 Å². The zero-order valence-corrected chi connectivity index (χ0v) is 10.1. The third-order valence-electron chi connectivity index (χ3n) is 3.36. The van der Waals surface area contributed by atoms with Gasteiger partial charge in [-0.3, -0.25) is 4.79 Å². The van der Waals surface area contributed by atoms with Crippen molar-refractivity contribution in [2.75, 3.05) is 37.0 Å². The van der Waals surface area contributed by atoms with Crippen molar-refractivity contribution < 1.29 is 14.3 Å². The highest BCUT2D eigenvalue weighted by molar-refractivity contribution is 5.99. The number of carbonyl (C=O) groups is 1. The smallest absolute Gasteiger partial charge is 0.258 e. The van der Waals surface area contributed by atoms with E-state index in [0.717, 1.165) is 17.7 Å². The number of anilines is 2. The van der Waals surface area contributed by atoms with Crippen molar-refractivity contribution in [3.8, 4) is 0 Å². The predicted molar refractivity (Wildman–Crippen MR) is 67.5 cm³/mol. The Morgan fingerprint density at radius 2 is 2.28 bits per heavy atom. The van der Waals surface area contributed by atoms with Crippen LogP contribution in [0.1, 0.15) is 5.56 Å². The molecule has 1 unspecified atom stereocenters. The average Bonchev–Trinajstić information content (AvgIpc) is 2.82. The molecule has 0 saturated carbocycles. The fourth-order valence-corrected chi connectivity index (χ4v) is 2.43. The molecule has 18 heavy (non-hydrogen) atoms. The minimum atomic E-state index is -0.480. The van der Waals surface area contributed by atoms with Gasteiger partial charge in [0.15, 0.2) is 6.10 Å². The molecule has 0 aromatic heterocycles. The summed E-state index contributed by atoms with van der Waals surface area (Å²) in [5.41, 5.74) is 8.53. The van der Waals surface area contributed by atoms with Crippen LogP contribution in [0.15, 0.2) is 18.2 Å². The Kier molecular flexibility index (Phi) is 2.93. The van der Waals surface area contributed by atoms with Crippen LogP contribution in [0, 0.1) is 0 Å². The third kappa shape index (κ3) is 1.95. The molecule has 1 saturated heterocycles. The number of nitrogens with two attached hydrogens (primary N) is 1. The van der Waals surface area contributed by atoms with Gasteiger partial charge in [-0.2, -0.15) is 0 Å². The topological polar surface area (TPSA) is 64.8 Å². The first-order valence-corrected chi connectivity index (χ1v) is 6.15. The number of benzene rings is 1. The zero-order chi connectivity index (χ0) is 12.5. The van der Waals surface area contributed by atoms with Crippen LogP contribution in [0.4, 0.5) is 11.4 Å². The minimum absolute atomic E-state index is 0.0287. The second-order valence-corrected chi connectivity index (χ2v) is 4.56. The van der Waals surface area contributed by atoms with Gasteiger partial charge in [0.2, 0.25) is 0 Å². The van der Waals surface area contributed by atoms with Gasteiger partial charge in [-0.25, -0.2) is 0 Å². The van der Waals surface area contributed by atoms with Gasteiger partial charge in [-0.1, -0.05) is 6.07 Å². The largest absolute Gasteiger partial charge is 0.399 e. The van der Waals surface area contributed by atoms with Crippen molar-refractivity contribution in [2.24, 2.45) is 0 Å². The summed E-state index contributed by atoms with van der Waals surface area (Å²) >= 11 is 0. The van der Waals surface area contributed by atoms with Gasteiger partial charge in [0.25, 0.3) is 5.91 Å². The maximum Gasteiger partial charge on any atom is 0.258 e. The van der Waals surface area contributed by atoms with Gasteiger partial charge in [-0.15, -0.1) is 0 Å². The van der Waals surface area contributed by atoms with Crippen molar-refractivity contribution in [1.82, 2.24) is 0 Å². The number of rotatable bonds is 1. The second-order valence-electron chi connectivity index (χ2n) is 4.56. The molecule has 0 spiro atoms. The van der Waals surface area contributed by atoms with Crippen molar-refractivity contribution in [3.05, 3.63) is 23.8 Å². The molecule has 0 aliphatic carbocycles. The normalized spacial score (nSPS) is 22.9. The molecule has 1 amide bonds. The first-order chi connectivity index (χ1) is 8.75. The number of nitrogen functional groups attached to an aromatic ring is 1. The highest BCUT2D eigenvalue weighted by atomic mass is 16.6. The number of hydrogen-bond acceptors (Lipinski definition) is 4. The lowest BCUT2D eigenvalue weighted by Crippen LogP contribution is -2.44. The molecular formula is C13H16N2O3. The summed E-state index contributed by atoms with van der Waals surface area (Å²) in [6, 6.07) is 5.70. The first kappa shape index (κ1) is 11.5. The maximum atomic E-state index is 12.4. The summed E-state index contributed by atoms with van der Waals surface area (Å²) in [7, 11) is 0. The van der Waals surface area contributed by atoms with E-state index in [1.165, 1.54) is 0 Å². The summed E-state index contributed by atoms with van der Waals surface area (Å²) in [5.74, 6) is -0.0287. The molecule has 2 aliphatic heterocycles. The van der Waals surface area contributed by atoms with E-state index in [9.17, 15) is 4.79 Å². The van der Waals surface area contributed by atoms with E-state index in [0.29, 0.717) is 32.1 Å². The van der Waals surface area contributed by atoms with Crippen molar-refractivity contribution in [2.45, 2.75) is 12.5 Å². The number of nitrogens with zero attached hydrogens (tertiary/aromatic N) is 1. The average molecular weight is 248 g/mol. The van der Waals surface area contributed by atoms with Crippen LogP contribution in [0.5, 0.6) is 0 Å². The highest BCUT2D eigenvalue weighted by Gasteiger charge is 2.32. The van der Waals surface area contributed by atoms with Gasteiger partial charge < -0.3 is 20.1 Å². The standard InChI is InChI=1S/C13H16N2O3/c14-10-2-1-9-3-4-15(11(9)7-10)13(16)12-8-17-5-6-18-12/h1-2,7,12H,3-6,8,14H2.